The minimum atomic E-state index is -0.0573. The van der Waals surface area contributed by atoms with Crippen molar-refractivity contribution in [2.24, 2.45) is 0 Å². The molecule has 1 heterocycles. The summed E-state index contributed by atoms with van der Waals surface area (Å²) < 4.78 is 1.97. The molecule has 92 valence electrons. The fourth-order valence-corrected chi connectivity index (χ4v) is 2.02. The molecule has 0 amide bonds. The molecule has 3 heteroatoms. The summed E-state index contributed by atoms with van der Waals surface area (Å²) in [6.45, 7) is 11.5. The van der Waals surface area contributed by atoms with E-state index in [0.717, 1.165) is 37.2 Å². The summed E-state index contributed by atoms with van der Waals surface area (Å²) in [6.07, 6.45) is 2.90. The van der Waals surface area contributed by atoms with Crippen LogP contribution < -0.4 is 0 Å². The minimum Gasteiger partial charge on any atom is -0.504 e. The lowest BCUT2D eigenvalue weighted by Crippen LogP contribution is -2.18. The monoisotopic (exact) mass is 224 g/mol. The Labute approximate surface area is 98.5 Å². The second-order valence-electron chi connectivity index (χ2n) is 5.37. The van der Waals surface area contributed by atoms with Gasteiger partial charge in [0.05, 0.1) is 5.69 Å². The fourth-order valence-electron chi connectivity index (χ4n) is 2.02. The third-order valence-corrected chi connectivity index (χ3v) is 2.63. The molecule has 1 aromatic rings. The molecule has 0 aliphatic carbocycles. The number of nitrogens with zero attached hydrogens (tertiary/aromatic N) is 2. The van der Waals surface area contributed by atoms with Crippen LogP contribution in [0.4, 0.5) is 0 Å². The van der Waals surface area contributed by atoms with Crippen LogP contribution in [0.5, 0.6) is 5.75 Å². The molecule has 0 bridgehead atoms. The van der Waals surface area contributed by atoms with E-state index < -0.39 is 0 Å². The molecule has 1 rings (SSSR count). The third-order valence-electron chi connectivity index (χ3n) is 2.63. The van der Waals surface area contributed by atoms with E-state index in [1.54, 1.807) is 0 Å². The maximum atomic E-state index is 10.2. The van der Waals surface area contributed by atoms with Gasteiger partial charge in [0.1, 0.15) is 5.69 Å². The van der Waals surface area contributed by atoms with Crippen molar-refractivity contribution in [1.29, 1.82) is 0 Å². The van der Waals surface area contributed by atoms with Crippen LogP contribution in [0.1, 0.15) is 58.8 Å². The Kier molecular flexibility index (Phi) is 4.00. The van der Waals surface area contributed by atoms with Gasteiger partial charge in [0.15, 0.2) is 5.75 Å². The number of hydrogen-bond acceptors (Lipinski definition) is 2. The van der Waals surface area contributed by atoms with E-state index in [1.807, 2.05) is 4.68 Å². The molecular weight excluding hydrogens is 200 g/mol. The first-order valence-electron chi connectivity index (χ1n) is 6.20. The predicted molar refractivity (Wildman–Crippen MR) is 66.9 cm³/mol. The lowest BCUT2D eigenvalue weighted by molar-refractivity contribution is 0.421. The van der Waals surface area contributed by atoms with Crippen molar-refractivity contribution in [3.63, 3.8) is 0 Å². The van der Waals surface area contributed by atoms with Crippen LogP contribution in [0, 0.1) is 0 Å². The van der Waals surface area contributed by atoms with E-state index >= 15 is 0 Å². The van der Waals surface area contributed by atoms with Crippen LogP contribution in [-0.4, -0.2) is 14.9 Å². The van der Waals surface area contributed by atoms with E-state index in [1.165, 1.54) is 0 Å². The van der Waals surface area contributed by atoms with Crippen LogP contribution in [0.2, 0.25) is 0 Å². The third kappa shape index (κ3) is 2.57. The maximum Gasteiger partial charge on any atom is 0.160 e. The van der Waals surface area contributed by atoms with E-state index in [0.29, 0.717) is 5.75 Å². The first-order valence-corrected chi connectivity index (χ1v) is 6.20. The zero-order chi connectivity index (χ0) is 12.3. The van der Waals surface area contributed by atoms with Crippen molar-refractivity contribution in [1.82, 2.24) is 9.78 Å². The quantitative estimate of drug-likeness (QED) is 0.852. The second kappa shape index (κ2) is 4.89. The van der Waals surface area contributed by atoms with Crippen LogP contribution >= 0.6 is 0 Å². The molecule has 0 aliphatic heterocycles. The Morgan fingerprint density at radius 2 is 1.81 bits per heavy atom. The maximum absolute atomic E-state index is 10.2. The molecule has 0 spiro atoms. The van der Waals surface area contributed by atoms with E-state index in [-0.39, 0.29) is 5.41 Å². The molecule has 0 fully saturated rings. The molecule has 16 heavy (non-hydrogen) atoms. The normalized spacial score (nSPS) is 12.1. The summed E-state index contributed by atoms with van der Waals surface area (Å²) in [5, 5.41) is 14.7. The van der Waals surface area contributed by atoms with Gasteiger partial charge in [-0.2, -0.15) is 5.10 Å². The Hall–Kier alpha value is -0.990. The standard InChI is InChI=1S/C13H24N2O/c1-6-8-10-11(16)12(13(3,4)5)15(14-10)9-7-2/h16H,6-9H2,1-5H3. The number of aromatic nitrogens is 2. The summed E-state index contributed by atoms with van der Waals surface area (Å²) in [7, 11) is 0. The first-order chi connectivity index (χ1) is 7.41. The Morgan fingerprint density at radius 1 is 1.19 bits per heavy atom. The van der Waals surface area contributed by atoms with E-state index in [9.17, 15) is 5.11 Å². The van der Waals surface area contributed by atoms with Gasteiger partial charge in [-0.3, -0.25) is 4.68 Å². The molecule has 0 aromatic carbocycles. The molecule has 0 radical (unpaired) electrons. The summed E-state index contributed by atoms with van der Waals surface area (Å²) in [5.74, 6) is 0.405. The van der Waals surface area contributed by atoms with Crippen LogP contribution in [0.15, 0.2) is 0 Å². The van der Waals surface area contributed by atoms with Gasteiger partial charge in [0.2, 0.25) is 0 Å². The van der Waals surface area contributed by atoms with Crippen molar-refractivity contribution in [3.8, 4) is 5.75 Å². The van der Waals surface area contributed by atoms with Crippen molar-refractivity contribution in [2.75, 3.05) is 0 Å². The molecule has 3 nitrogen and oxygen atoms in total. The number of hydrogen-bond donors (Lipinski definition) is 1. The average Bonchev–Trinajstić information content (AvgIpc) is 2.43. The second-order valence-corrected chi connectivity index (χ2v) is 5.37. The minimum absolute atomic E-state index is 0.0573. The van der Waals surface area contributed by atoms with Gasteiger partial charge in [-0.25, -0.2) is 0 Å². The highest BCUT2D eigenvalue weighted by Gasteiger charge is 2.26. The highest BCUT2D eigenvalue weighted by molar-refractivity contribution is 5.36. The van der Waals surface area contributed by atoms with Crippen molar-refractivity contribution < 1.29 is 5.11 Å². The van der Waals surface area contributed by atoms with Crippen molar-refractivity contribution in [3.05, 3.63) is 11.4 Å². The Balaban J connectivity index is 3.20. The number of rotatable bonds is 4. The van der Waals surface area contributed by atoms with Crippen molar-refractivity contribution >= 4 is 0 Å². The van der Waals surface area contributed by atoms with Crippen LogP contribution in [-0.2, 0) is 18.4 Å². The molecule has 0 saturated carbocycles. The average molecular weight is 224 g/mol. The van der Waals surface area contributed by atoms with Crippen molar-refractivity contribution in [2.45, 2.75) is 65.8 Å². The highest BCUT2D eigenvalue weighted by atomic mass is 16.3. The smallest absolute Gasteiger partial charge is 0.160 e. The Morgan fingerprint density at radius 3 is 2.25 bits per heavy atom. The summed E-state index contributed by atoms with van der Waals surface area (Å²) in [5.41, 5.74) is 1.76. The molecule has 1 aromatic heterocycles. The lowest BCUT2D eigenvalue weighted by atomic mass is 9.90. The molecule has 0 unspecified atom stereocenters. The molecule has 1 N–H and O–H groups in total. The van der Waals surface area contributed by atoms with Crippen LogP contribution in [0.3, 0.4) is 0 Å². The molecular formula is C13H24N2O. The van der Waals surface area contributed by atoms with Gasteiger partial charge in [-0.05, 0) is 12.8 Å². The zero-order valence-electron chi connectivity index (χ0n) is 11.2. The van der Waals surface area contributed by atoms with Gasteiger partial charge in [-0.1, -0.05) is 41.0 Å². The number of aromatic hydroxyl groups is 1. The topological polar surface area (TPSA) is 38.0 Å². The van der Waals surface area contributed by atoms with Gasteiger partial charge in [0.25, 0.3) is 0 Å². The summed E-state index contributed by atoms with van der Waals surface area (Å²) in [6, 6.07) is 0. The van der Waals surface area contributed by atoms with Gasteiger partial charge >= 0.3 is 0 Å². The largest absolute Gasteiger partial charge is 0.504 e. The van der Waals surface area contributed by atoms with E-state index in [4.69, 9.17) is 0 Å². The van der Waals surface area contributed by atoms with Gasteiger partial charge in [-0.15, -0.1) is 0 Å². The zero-order valence-corrected chi connectivity index (χ0v) is 11.2. The van der Waals surface area contributed by atoms with Gasteiger partial charge in [0, 0.05) is 12.0 Å². The molecule has 0 aliphatic rings. The fraction of sp³-hybridized carbons (Fsp3) is 0.769. The highest BCUT2D eigenvalue weighted by Crippen LogP contribution is 2.33. The lowest BCUT2D eigenvalue weighted by Gasteiger charge is -2.20. The predicted octanol–water partition coefficient (Wildman–Crippen LogP) is 3.25. The SMILES string of the molecule is CCCc1nn(CCC)c(C(C)(C)C)c1O. The summed E-state index contributed by atoms with van der Waals surface area (Å²) in [4.78, 5) is 0. The Bertz CT molecular complexity index is 348. The van der Waals surface area contributed by atoms with Gasteiger partial charge < -0.3 is 5.11 Å². The molecule has 0 atom stereocenters. The molecule has 0 saturated heterocycles. The first kappa shape index (κ1) is 13.1. The van der Waals surface area contributed by atoms with E-state index in [2.05, 4.69) is 39.7 Å². The number of aryl methyl sites for hydroxylation is 2. The van der Waals surface area contributed by atoms with Crippen LogP contribution in [0.25, 0.3) is 0 Å². The summed E-state index contributed by atoms with van der Waals surface area (Å²) >= 11 is 0.